The van der Waals surface area contributed by atoms with Crippen molar-refractivity contribution in [2.75, 3.05) is 24.6 Å². The molecule has 0 N–H and O–H groups in total. The molecule has 19 heavy (non-hydrogen) atoms. The number of thiazole rings is 1. The molecule has 4 nitrogen and oxygen atoms in total. The zero-order chi connectivity index (χ0) is 13.9. The molecule has 5 heteroatoms. The van der Waals surface area contributed by atoms with Crippen molar-refractivity contribution in [3.63, 3.8) is 0 Å². The summed E-state index contributed by atoms with van der Waals surface area (Å²) in [6.07, 6.45) is 2.76. The van der Waals surface area contributed by atoms with E-state index in [2.05, 4.69) is 23.7 Å². The quantitative estimate of drug-likeness (QED) is 0.796. The molecule has 1 aromatic rings. The van der Waals surface area contributed by atoms with E-state index >= 15 is 0 Å². The number of esters is 1. The fourth-order valence-electron chi connectivity index (χ4n) is 2.47. The molecule has 0 spiro atoms. The molecule has 0 aliphatic carbocycles. The number of carbonyl (C=O) groups is 1. The molecule has 1 aliphatic rings. The molecule has 1 saturated heterocycles. The van der Waals surface area contributed by atoms with E-state index in [9.17, 15) is 4.79 Å². The third-order valence-electron chi connectivity index (χ3n) is 3.34. The Morgan fingerprint density at radius 2 is 2.37 bits per heavy atom. The van der Waals surface area contributed by atoms with Gasteiger partial charge in [0.15, 0.2) is 5.13 Å². The minimum absolute atomic E-state index is 0.196. The van der Waals surface area contributed by atoms with Crippen LogP contribution in [0.1, 0.15) is 39.3 Å². The number of carbonyl (C=O) groups excluding carboxylic acids is 1. The summed E-state index contributed by atoms with van der Waals surface area (Å²) in [5.41, 5.74) is 1.17. The van der Waals surface area contributed by atoms with Gasteiger partial charge in [-0.2, -0.15) is 0 Å². The predicted octanol–water partition coefficient (Wildman–Crippen LogP) is 2.88. The van der Waals surface area contributed by atoms with Gasteiger partial charge in [0.1, 0.15) is 0 Å². The average molecular weight is 282 g/mol. The monoisotopic (exact) mass is 282 g/mol. The molecule has 2 heterocycles. The van der Waals surface area contributed by atoms with Gasteiger partial charge in [-0.3, -0.25) is 4.79 Å². The minimum Gasteiger partial charge on any atom is -0.466 e. The smallest absolute Gasteiger partial charge is 0.311 e. The van der Waals surface area contributed by atoms with Crippen LogP contribution in [0.3, 0.4) is 0 Å². The van der Waals surface area contributed by atoms with Crippen molar-refractivity contribution >= 4 is 22.4 Å². The lowest BCUT2D eigenvalue weighted by Crippen LogP contribution is -2.40. The zero-order valence-electron chi connectivity index (χ0n) is 11.9. The number of aromatic nitrogens is 1. The first-order chi connectivity index (χ1) is 9.00. The maximum Gasteiger partial charge on any atom is 0.311 e. The first-order valence-electron chi connectivity index (χ1n) is 6.85. The maximum absolute atomic E-state index is 11.4. The van der Waals surface area contributed by atoms with E-state index < -0.39 is 0 Å². The molecule has 1 aliphatic heterocycles. The van der Waals surface area contributed by atoms with Crippen LogP contribution in [0.25, 0.3) is 0 Å². The van der Waals surface area contributed by atoms with Crippen LogP contribution < -0.4 is 4.90 Å². The van der Waals surface area contributed by atoms with Gasteiger partial charge in [-0.25, -0.2) is 4.98 Å². The summed E-state index contributed by atoms with van der Waals surface area (Å²) in [6.45, 7) is 8.95. The van der Waals surface area contributed by atoms with Crippen LogP contribution in [0.15, 0.2) is 5.38 Å². The molecule has 1 fully saturated rings. The lowest BCUT2D eigenvalue weighted by molar-refractivity contribution is -0.142. The molecular formula is C14H22N2O2S. The van der Waals surface area contributed by atoms with Crippen LogP contribution in [-0.2, 0) is 16.0 Å². The summed E-state index contributed by atoms with van der Waals surface area (Å²) in [6, 6.07) is 0. The Bertz CT molecular complexity index is 442. The second-order valence-electron chi connectivity index (χ2n) is 5.79. The van der Waals surface area contributed by atoms with Crippen LogP contribution in [0.4, 0.5) is 5.13 Å². The molecule has 0 unspecified atom stereocenters. The fourth-order valence-corrected chi connectivity index (χ4v) is 3.32. The molecule has 0 saturated carbocycles. The Kier molecular flexibility index (Phi) is 4.45. The van der Waals surface area contributed by atoms with Crippen molar-refractivity contribution in [3.8, 4) is 0 Å². The van der Waals surface area contributed by atoms with Crippen molar-refractivity contribution in [2.24, 2.45) is 5.41 Å². The molecular weight excluding hydrogens is 260 g/mol. The Morgan fingerprint density at radius 3 is 3.05 bits per heavy atom. The number of hydrogen-bond donors (Lipinski definition) is 0. The average Bonchev–Trinajstić information content (AvgIpc) is 2.76. The Hall–Kier alpha value is -1.10. The Morgan fingerprint density at radius 1 is 1.58 bits per heavy atom. The highest BCUT2D eigenvalue weighted by Crippen LogP contribution is 2.32. The first-order valence-corrected chi connectivity index (χ1v) is 7.73. The normalized spacial score (nSPS) is 18.4. The Labute approximate surface area is 118 Å². The molecule has 2 rings (SSSR count). The summed E-state index contributed by atoms with van der Waals surface area (Å²) >= 11 is 1.62. The van der Waals surface area contributed by atoms with E-state index in [-0.39, 0.29) is 12.4 Å². The van der Waals surface area contributed by atoms with Gasteiger partial charge >= 0.3 is 5.97 Å². The highest BCUT2D eigenvalue weighted by molar-refractivity contribution is 7.13. The standard InChI is InChI=1S/C14H22N2O2S/c1-4-18-12(17)8-11-9-19-13(15-11)16-7-5-6-14(2,3)10-16/h9H,4-8,10H2,1-3H3. The van der Waals surface area contributed by atoms with Gasteiger partial charge in [-0.15, -0.1) is 11.3 Å². The van der Waals surface area contributed by atoms with Gasteiger partial charge < -0.3 is 9.64 Å². The lowest BCUT2D eigenvalue weighted by atomic mass is 9.84. The van der Waals surface area contributed by atoms with E-state index in [1.807, 2.05) is 12.3 Å². The fraction of sp³-hybridized carbons (Fsp3) is 0.714. The summed E-state index contributed by atoms with van der Waals surface area (Å²) in [5.74, 6) is -0.196. The number of nitrogens with zero attached hydrogens (tertiary/aromatic N) is 2. The maximum atomic E-state index is 11.4. The van der Waals surface area contributed by atoms with Crippen molar-refractivity contribution < 1.29 is 9.53 Å². The van der Waals surface area contributed by atoms with Crippen LogP contribution in [-0.4, -0.2) is 30.6 Å². The molecule has 0 amide bonds. The summed E-state index contributed by atoms with van der Waals surface area (Å²) in [7, 11) is 0. The minimum atomic E-state index is -0.196. The summed E-state index contributed by atoms with van der Waals surface area (Å²) < 4.78 is 4.95. The molecule has 106 valence electrons. The van der Waals surface area contributed by atoms with Crippen molar-refractivity contribution in [1.29, 1.82) is 0 Å². The van der Waals surface area contributed by atoms with Crippen LogP contribution >= 0.6 is 11.3 Å². The summed E-state index contributed by atoms with van der Waals surface area (Å²) in [5, 5.41) is 3.00. The van der Waals surface area contributed by atoms with Crippen LogP contribution in [0.5, 0.6) is 0 Å². The molecule has 0 radical (unpaired) electrons. The molecule has 1 aromatic heterocycles. The number of anilines is 1. The summed E-state index contributed by atoms with van der Waals surface area (Å²) in [4.78, 5) is 18.3. The largest absolute Gasteiger partial charge is 0.466 e. The van der Waals surface area contributed by atoms with Gasteiger partial charge in [-0.1, -0.05) is 13.8 Å². The number of ether oxygens (including phenoxy) is 1. The van der Waals surface area contributed by atoms with Gasteiger partial charge in [-0.05, 0) is 25.2 Å². The molecule has 0 atom stereocenters. The van der Waals surface area contributed by atoms with Crippen molar-refractivity contribution in [1.82, 2.24) is 4.98 Å². The highest BCUT2D eigenvalue weighted by Gasteiger charge is 2.27. The first kappa shape index (κ1) is 14.3. The third-order valence-corrected chi connectivity index (χ3v) is 4.29. The van der Waals surface area contributed by atoms with E-state index in [4.69, 9.17) is 4.74 Å². The molecule has 0 aromatic carbocycles. The number of hydrogen-bond acceptors (Lipinski definition) is 5. The van der Waals surface area contributed by atoms with E-state index in [1.165, 1.54) is 12.8 Å². The van der Waals surface area contributed by atoms with Crippen molar-refractivity contribution in [3.05, 3.63) is 11.1 Å². The van der Waals surface area contributed by atoms with Gasteiger partial charge in [0, 0.05) is 18.5 Å². The van der Waals surface area contributed by atoms with Gasteiger partial charge in [0.2, 0.25) is 0 Å². The van der Waals surface area contributed by atoms with Crippen molar-refractivity contribution in [2.45, 2.75) is 40.0 Å². The molecule has 0 bridgehead atoms. The van der Waals surface area contributed by atoms with Gasteiger partial charge in [0.05, 0.1) is 18.7 Å². The van der Waals surface area contributed by atoms with E-state index in [1.54, 1.807) is 11.3 Å². The number of rotatable bonds is 4. The van der Waals surface area contributed by atoms with Crippen LogP contribution in [0.2, 0.25) is 0 Å². The van der Waals surface area contributed by atoms with E-state index in [0.717, 1.165) is 23.9 Å². The highest BCUT2D eigenvalue weighted by atomic mass is 32.1. The van der Waals surface area contributed by atoms with E-state index in [0.29, 0.717) is 12.0 Å². The topological polar surface area (TPSA) is 42.4 Å². The zero-order valence-corrected chi connectivity index (χ0v) is 12.8. The third kappa shape index (κ3) is 3.93. The SMILES string of the molecule is CCOC(=O)Cc1csc(N2CCCC(C)(C)C2)n1. The lowest BCUT2D eigenvalue weighted by Gasteiger charge is -2.37. The second kappa shape index (κ2) is 5.90. The predicted molar refractivity (Wildman–Crippen MR) is 77.7 cm³/mol. The number of piperidine rings is 1. The van der Waals surface area contributed by atoms with Gasteiger partial charge in [0.25, 0.3) is 0 Å². The second-order valence-corrected chi connectivity index (χ2v) is 6.63. The van der Waals surface area contributed by atoms with Crippen LogP contribution in [0, 0.1) is 5.41 Å². The Balaban J connectivity index is 1.98.